The van der Waals surface area contributed by atoms with Gasteiger partial charge in [-0.2, -0.15) is 4.98 Å². The van der Waals surface area contributed by atoms with E-state index < -0.39 is 0 Å². The van der Waals surface area contributed by atoms with Crippen molar-refractivity contribution in [3.8, 4) is 0 Å². The van der Waals surface area contributed by atoms with Crippen LogP contribution in [0.5, 0.6) is 0 Å². The number of likely N-dealkylation sites (tertiary alicyclic amines) is 1. The summed E-state index contributed by atoms with van der Waals surface area (Å²) < 4.78 is 6.73. The summed E-state index contributed by atoms with van der Waals surface area (Å²) in [7, 11) is 1.80. The molecule has 1 atom stereocenters. The third-order valence-corrected chi connectivity index (χ3v) is 4.59. The second-order valence-corrected chi connectivity index (χ2v) is 6.21. The highest BCUT2D eigenvalue weighted by Crippen LogP contribution is 2.31. The van der Waals surface area contributed by atoms with Gasteiger partial charge in [0.05, 0.1) is 23.5 Å². The van der Waals surface area contributed by atoms with E-state index >= 15 is 0 Å². The zero-order valence-corrected chi connectivity index (χ0v) is 13.8. The van der Waals surface area contributed by atoms with E-state index in [1.807, 2.05) is 24.3 Å². The van der Waals surface area contributed by atoms with Crippen LogP contribution in [0.15, 0.2) is 33.6 Å². The molecule has 7 nitrogen and oxygen atoms in total. The first-order valence-electron chi connectivity index (χ1n) is 8.12. The third kappa shape index (κ3) is 2.50. The Morgan fingerprint density at radius 3 is 2.92 bits per heavy atom. The van der Waals surface area contributed by atoms with E-state index in [1.165, 1.54) is 0 Å². The number of hydrogen-bond donors (Lipinski definition) is 0. The predicted molar refractivity (Wildman–Crippen MR) is 88.4 cm³/mol. The van der Waals surface area contributed by atoms with Gasteiger partial charge in [-0.25, -0.2) is 4.98 Å². The Hall–Kier alpha value is -2.54. The summed E-state index contributed by atoms with van der Waals surface area (Å²) in [6, 6.07) is 7.58. The maximum Gasteiger partial charge on any atom is 0.261 e. The van der Waals surface area contributed by atoms with Gasteiger partial charge in [-0.05, 0) is 31.5 Å². The molecule has 2 aromatic heterocycles. The Kier molecular flexibility index (Phi) is 3.65. The molecule has 0 aliphatic carbocycles. The van der Waals surface area contributed by atoms with Crippen molar-refractivity contribution >= 4 is 10.9 Å². The molecule has 1 aliphatic heterocycles. The summed E-state index contributed by atoms with van der Waals surface area (Å²) in [6.45, 7) is 3.32. The van der Waals surface area contributed by atoms with Crippen molar-refractivity contribution in [1.82, 2.24) is 24.6 Å². The molecule has 1 fully saturated rings. The van der Waals surface area contributed by atoms with Gasteiger partial charge in [-0.3, -0.25) is 14.3 Å². The Bertz CT molecular complexity index is 946. The first-order chi connectivity index (χ1) is 11.6. The molecule has 1 saturated heterocycles. The van der Waals surface area contributed by atoms with Crippen LogP contribution >= 0.6 is 0 Å². The van der Waals surface area contributed by atoms with Gasteiger partial charge in [-0.15, -0.1) is 0 Å². The van der Waals surface area contributed by atoms with Crippen LogP contribution in [0.1, 0.15) is 36.4 Å². The minimum absolute atomic E-state index is 0.00199. The number of benzene rings is 1. The number of aryl methyl sites for hydroxylation is 1. The fourth-order valence-electron chi connectivity index (χ4n) is 3.43. The second-order valence-electron chi connectivity index (χ2n) is 6.21. The fraction of sp³-hybridized carbons (Fsp3) is 0.412. The van der Waals surface area contributed by atoms with Gasteiger partial charge in [-0.1, -0.05) is 17.3 Å². The van der Waals surface area contributed by atoms with Crippen LogP contribution in [0.25, 0.3) is 10.9 Å². The van der Waals surface area contributed by atoms with Gasteiger partial charge < -0.3 is 4.52 Å². The molecule has 3 heterocycles. The molecule has 1 unspecified atom stereocenters. The van der Waals surface area contributed by atoms with Crippen molar-refractivity contribution in [2.45, 2.75) is 32.4 Å². The zero-order valence-electron chi connectivity index (χ0n) is 13.8. The van der Waals surface area contributed by atoms with Crippen molar-refractivity contribution in [2.75, 3.05) is 6.54 Å². The summed E-state index contributed by atoms with van der Waals surface area (Å²) in [5.41, 5.74) is 0.746. The monoisotopic (exact) mass is 325 g/mol. The highest BCUT2D eigenvalue weighted by molar-refractivity contribution is 5.77. The van der Waals surface area contributed by atoms with Gasteiger partial charge in [0.25, 0.3) is 5.56 Å². The molecule has 0 bridgehead atoms. The molecule has 24 heavy (non-hydrogen) atoms. The molecule has 4 rings (SSSR count). The largest absolute Gasteiger partial charge is 0.340 e. The predicted octanol–water partition coefficient (Wildman–Crippen LogP) is 1.96. The molecule has 0 radical (unpaired) electrons. The summed E-state index contributed by atoms with van der Waals surface area (Å²) >= 11 is 0. The minimum atomic E-state index is -0.00199. The van der Waals surface area contributed by atoms with Gasteiger partial charge in [0.15, 0.2) is 5.82 Å². The van der Waals surface area contributed by atoms with Crippen molar-refractivity contribution in [3.05, 3.63) is 52.2 Å². The molecule has 0 N–H and O–H groups in total. The van der Waals surface area contributed by atoms with Gasteiger partial charge >= 0.3 is 0 Å². The van der Waals surface area contributed by atoms with E-state index in [4.69, 9.17) is 9.51 Å². The van der Waals surface area contributed by atoms with E-state index in [2.05, 4.69) is 15.0 Å². The highest BCUT2D eigenvalue weighted by Gasteiger charge is 2.30. The van der Waals surface area contributed by atoms with E-state index in [0.29, 0.717) is 23.6 Å². The second kappa shape index (κ2) is 5.83. The minimum Gasteiger partial charge on any atom is -0.340 e. The molecular formula is C17H19N5O2. The highest BCUT2D eigenvalue weighted by atomic mass is 16.5. The Morgan fingerprint density at radius 2 is 2.12 bits per heavy atom. The van der Waals surface area contributed by atoms with Crippen molar-refractivity contribution in [1.29, 1.82) is 0 Å². The van der Waals surface area contributed by atoms with E-state index in [0.717, 1.165) is 30.7 Å². The number of fused-ring (bicyclic) bond motifs is 1. The average molecular weight is 325 g/mol. The summed E-state index contributed by atoms with van der Waals surface area (Å²) in [4.78, 5) is 24.0. The van der Waals surface area contributed by atoms with Crippen LogP contribution in [0.3, 0.4) is 0 Å². The normalized spacial score (nSPS) is 18.5. The summed E-state index contributed by atoms with van der Waals surface area (Å²) in [6.07, 6.45) is 2.03. The van der Waals surface area contributed by atoms with Crippen LogP contribution in [0, 0.1) is 6.92 Å². The first kappa shape index (κ1) is 15.0. The number of rotatable bonds is 3. The molecule has 0 saturated carbocycles. The first-order valence-corrected chi connectivity index (χ1v) is 8.12. The standard InChI is InChI=1S/C17H19N5O2/c1-11-18-15(20-24-11)10-22-9-5-8-14(22)16-19-13-7-4-3-6-12(13)17(23)21(16)2/h3-4,6-7,14H,5,8-10H2,1-2H3. The van der Waals surface area contributed by atoms with Crippen LogP contribution in [-0.2, 0) is 13.6 Å². The smallest absolute Gasteiger partial charge is 0.261 e. The van der Waals surface area contributed by atoms with E-state index in [-0.39, 0.29) is 11.6 Å². The average Bonchev–Trinajstić information content (AvgIpc) is 3.20. The maximum absolute atomic E-state index is 12.6. The van der Waals surface area contributed by atoms with E-state index in [1.54, 1.807) is 18.5 Å². The van der Waals surface area contributed by atoms with Gasteiger partial charge in [0, 0.05) is 14.0 Å². The molecular weight excluding hydrogens is 306 g/mol. The lowest BCUT2D eigenvalue weighted by molar-refractivity contribution is 0.226. The van der Waals surface area contributed by atoms with Crippen LogP contribution in [0.2, 0.25) is 0 Å². The molecule has 1 aliphatic rings. The van der Waals surface area contributed by atoms with Crippen LogP contribution < -0.4 is 5.56 Å². The van der Waals surface area contributed by atoms with Crippen molar-refractivity contribution in [2.24, 2.45) is 7.05 Å². The Morgan fingerprint density at radius 1 is 1.29 bits per heavy atom. The SMILES string of the molecule is Cc1nc(CN2CCCC2c2nc3ccccc3c(=O)n2C)no1. The molecule has 124 valence electrons. The van der Waals surface area contributed by atoms with Crippen LogP contribution in [-0.4, -0.2) is 31.1 Å². The molecule has 7 heteroatoms. The van der Waals surface area contributed by atoms with Crippen molar-refractivity contribution in [3.63, 3.8) is 0 Å². The lowest BCUT2D eigenvalue weighted by Crippen LogP contribution is -2.30. The number of nitrogens with zero attached hydrogens (tertiary/aromatic N) is 5. The Labute approximate surface area is 138 Å². The quantitative estimate of drug-likeness (QED) is 0.732. The zero-order chi connectivity index (χ0) is 16.7. The molecule has 0 amide bonds. The molecule has 1 aromatic carbocycles. The number of para-hydroxylation sites is 1. The summed E-state index contributed by atoms with van der Waals surface area (Å²) in [5, 5.41) is 4.64. The van der Waals surface area contributed by atoms with Gasteiger partial charge in [0.1, 0.15) is 5.82 Å². The fourth-order valence-corrected chi connectivity index (χ4v) is 3.43. The lowest BCUT2D eigenvalue weighted by Gasteiger charge is -2.24. The molecule has 0 spiro atoms. The topological polar surface area (TPSA) is 77.1 Å². The number of aromatic nitrogens is 4. The number of hydrogen-bond acceptors (Lipinski definition) is 6. The maximum atomic E-state index is 12.6. The van der Waals surface area contributed by atoms with Gasteiger partial charge in [0.2, 0.25) is 5.89 Å². The molecule has 3 aromatic rings. The van der Waals surface area contributed by atoms with Crippen LogP contribution in [0.4, 0.5) is 0 Å². The Balaban J connectivity index is 1.73. The van der Waals surface area contributed by atoms with Crippen molar-refractivity contribution < 1.29 is 4.52 Å². The van der Waals surface area contributed by atoms with E-state index in [9.17, 15) is 4.79 Å². The summed E-state index contributed by atoms with van der Waals surface area (Å²) in [5.74, 6) is 2.04. The third-order valence-electron chi connectivity index (χ3n) is 4.59. The lowest BCUT2D eigenvalue weighted by atomic mass is 10.1.